The Balaban J connectivity index is -0.0000000128. The maximum absolute atomic E-state index is 8.55. The van der Waals surface area contributed by atoms with Gasteiger partial charge in [0.05, 0.1) is 0 Å². The minimum absolute atomic E-state index is 0. The molecule has 0 aromatic carbocycles. The first-order valence-corrected chi connectivity index (χ1v) is 4.38. The van der Waals surface area contributed by atoms with Crippen LogP contribution < -0.4 is 29.4 Å². The quantitative estimate of drug-likeness (QED) is 0.303. The zero-order chi connectivity index (χ0) is 9.00. The van der Waals surface area contributed by atoms with Crippen molar-refractivity contribution < 1.29 is 77.5 Å². The minimum Gasteiger partial charge on any atom is -0.822 e. The molecule has 0 unspecified atom stereocenters. The van der Waals surface area contributed by atoms with E-state index >= 15 is 0 Å². The van der Waals surface area contributed by atoms with E-state index in [2.05, 4.69) is 0 Å². The summed E-state index contributed by atoms with van der Waals surface area (Å²) in [6.07, 6.45) is 0. The fourth-order valence-electron chi connectivity index (χ4n) is 0. The molecule has 0 saturated heterocycles. The van der Waals surface area contributed by atoms with Gasteiger partial charge in [0.25, 0.3) is 0 Å². The molecule has 0 fully saturated rings. The Kier molecular flexibility index (Phi) is 51.0. The first-order chi connectivity index (χ1) is 4.00. The zero-order valence-corrected chi connectivity index (χ0v) is 9.19. The molecule has 0 saturated carbocycles. The van der Waals surface area contributed by atoms with Gasteiger partial charge < -0.3 is 60.4 Å². The number of hydrogen-bond donors (Lipinski definition) is 0. The van der Waals surface area contributed by atoms with E-state index in [0.717, 1.165) is 0 Å². The second-order valence-corrected chi connectivity index (χ2v) is 2.68. The predicted octanol–water partition coefficient (Wildman–Crippen LogP) is -8.95. The zero-order valence-electron chi connectivity index (χ0n) is 6.46. The molecule has 1 radical (unpaired) electrons. The molecule has 0 heterocycles. The van der Waals surface area contributed by atoms with E-state index in [1.54, 1.807) is 0 Å². The second kappa shape index (κ2) is 17.0. The van der Waals surface area contributed by atoms with E-state index < -0.39 is 15.6 Å². The van der Waals surface area contributed by atoms with E-state index in [0.29, 0.717) is 0 Å². The third-order valence-electron chi connectivity index (χ3n) is 0. The molecule has 0 atom stereocenters. The van der Waals surface area contributed by atoms with Crippen LogP contribution in [0.2, 0.25) is 0 Å². The van der Waals surface area contributed by atoms with Gasteiger partial charge in [-0.05, 0) is 0 Å². The summed E-state index contributed by atoms with van der Waals surface area (Å²) < 4.78 is 17.1. The Hall–Kier alpha value is 0.579. The molecule has 0 aromatic rings. The summed E-state index contributed by atoms with van der Waals surface area (Å²) in [5.41, 5.74) is 0. The molecular weight excluding hydrogens is 317 g/mol. The van der Waals surface area contributed by atoms with Crippen molar-refractivity contribution in [1.29, 1.82) is 0 Å². The van der Waals surface area contributed by atoms with Gasteiger partial charge in [0.2, 0.25) is 0 Å². The summed E-state index contributed by atoms with van der Waals surface area (Å²) in [6, 6.07) is 0. The fraction of sp³-hybridized carbons (Fsp3) is 0. The molecular formula is H8CuO12P2-4. The first kappa shape index (κ1) is 45.0. The van der Waals surface area contributed by atoms with Crippen LogP contribution in [0.3, 0.4) is 0 Å². The third kappa shape index (κ3) is 6870. The Bertz CT molecular complexity index is 126. The molecule has 0 rings (SSSR count). The third-order valence-corrected chi connectivity index (χ3v) is 0. The molecule has 15 heavy (non-hydrogen) atoms. The molecule has 8 N–H and O–H groups in total. The van der Waals surface area contributed by atoms with Crippen LogP contribution >= 0.6 is 15.6 Å². The van der Waals surface area contributed by atoms with Crippen LogP contribution in [-0.4, -0.2) is 21.9 Å². The van der Waals surface area contributed by atoms with Crippen LogP contribution in [-0.2, 0) is 26.2 Å². The summed E-state index contributed by atoms with van der Waals surface area (Å²) in [5.74, 6) is 0. The predicted molar refractivity (Wildman–Crippen MR) is 29.7 cm³/mol. The number of phosphoric acid groups is 2. The number of hydrogen-bond acceptors (Lipinski definition) is 8. The van der Waals surface area contributed by atoms with E-state index in [4.69, 9.17) is 38.5 Å². The van der Waals surface area contributed by atoms with Crippen LogP contribution in [0.25, 0.3) is 0 Å². The van der Waals surface area contributed by atoms with Crippen LogP contribution in [0.1, 0.15) is 0 Å². The smallest absolute Gasteiger partial charge is 0.822 e. The van der Waals surface area contributed by atoms with Gasteiger partial charge in [-0.15, -0.1) is 0 Å². The summed E-state index contributed by atoms with van der Waals surface area (Å²) in [6.45, 7) is 0. The van der Waals surface area contributed by atoms with Crippen molar-refractivity contribution in [1.82, 2.24) is 0 Å². The molecule has 0 aromatic heterocycles. The van der Waals surface area contributed by atoms with Crippen molar-refractivity contribution in [3.63, 3.8) is 0 Å². The van der Waals surface area contributed by atoms with Gasteiger partial charge in [0.1, 0.15) is 0 Å². The monoisotopic (exact) mass is 325 g/mol. The van der Waals surface area contributed by atoms with E-state index in [9.17, 15) is 0 Å². The molecule has 0 amide bonds. The van der Waals surface area contributed by atoms with Crippen LogP contribution in [0.5, 0.6) is 0 Å². The average molecular weight is 326 g/mol. The Labute approximate surface area is 93.8 Å². The number of rotatable bonds is 0. The van der Waals surface area contributed by atoms with Crippen LogP contribution in [0, 0.1) is 0 Å². The van der Waals surface area contributed by atoms with Crippen molar-refractivity contribution >= 4 is 15.6 Å². The molecule has 15 heteroatoms. The Morgan fingerprint density at radius 2 is 0.533 bits per heavy atom. The topological polar surface area (TPSA) is 298 Å². The van der Waals surface area contributed by atoms with Gasteiger partial charge in [-0.1, -0.05) is 0 Å². The molecule has 0 aliphatic heterocycles. The van der Waals surface area contributed by atoms with Gasteiger partial charge in [-0.25, -0.2) is 0 Å². The van der Waals surface area contributed by atoms with Gasteiger partial charge in [0, 0.05) is 0 Å². The van der Waals surface area contributed by atoms with E-state index in [1.807, 2.05) is 0 Å². The Morgan fingerprint density at radius 3 is 0.533 bits per heavy atom. The molecule has 0 aliphatic rings. The molecule has 105 valence electrons. The fourth-order valence-corrected chi connectivity index (χ4v) is 0. The maximum Gasteiger partial charge on any atom is 2.00 e. The van der Waals surface area contributed by atoms with Crippen LogP contribution in [0.4, 0.5) is 0 Å². The summed E-state index contributed by atoms with van der Waals surface area (Å²) >= 11 is 0. The van der Waals surface area contributed by atoms with Crippen molar-refractivity contribution in [3.8, 4) is 0 Å². The van der Waals surface area contributed by atoms with Gasteiger partial charge in [-0.2, -0.15) is 15.6 Å². The standard InChI is InChI=1S/Cu.2H3O4P.4H2O/c;2*1-5(2,3)4;;;;/h;2*(H3,1,2,3,4);4*1H2/q+2;;;;;;/p-6. The van der Waals surface area contributed by atoms with Gasteiger partial charge >= 0.3 is 17.1 Å². The normalized spacial score (nSPS) is 7.87. The second-order valence-electron chi connectivity index (χ2n) is 0.894. The molecule has 12 nitrogen and oxygen atoms in total. The van der Waals surface area contributed by atoms with E-state index in [-0.39, 0.29) is 39.0 Å². The molecule has 0 aliphatic carbocycles. The SMILES string of the molecule is O.O.O.O.O=P([O-])([O-])[O-].O=P([O-])([O-])[O-].[Cu+2]. The maximum atomic E-state index is 8.55. The van der Waals surface area contributed by atoms with Crippen molar-refractivity contribution in [3.05, 3.63) is 0 Å². The van der Waals surface area contributed by atoms with Crippen LogP contribution in [0.15, 0.2) is 0 Å². The van der Waals surface area contributed by atoms with Crippen molar-refractivity contribution in [2.24, 2.45) is 0 Å². The van der Waals surface area contributed by atoms with Gasteiger partial charge in [-0.3, -0.25) is 0 Å². The first-order valence-electron chi connectivity index (χ1n) is 1.46. The average Bonchev–Trinajstić information content (AvgIpc) is 1.12. The van der Waals surface area contributed by atoms with Crippen molar-refractivity contribution in [2.45, 2.75) is 0 Å². The summed E-state index contributed by atoms with van der Waals surface area (Å²) in [4.78, 5) is 51.3. The van der Waals surface area contributed by atoms with E-state index in [1.165, 1.54) is 0 Å². The molecule has 0 spiro atoms. The largest absolute Gasteiger partial charge is 2.00 e. The van der Waals surface area contributed by atoms with Crippen molar-refractivity contribution in [2.75, 3.05) is 0 Å². The van der Waals surface area contributed by atoms with Gasteiger partial charge in [0.15, 0.2) is 0 Å². The molecule has 0 bridgehead atoms. The minimum atomic E-state index is -5.39. The summed E-state index contributed by atoms with van der Waals surface area (Å²) in [5, 5.41) is 0. The Morgan fingerprint density at radius 1 is 0.533 bits per heavy atom. The summed E-state index contributed by atoms with van der Waals surface area (Å²) in [7, 11) is -10.8.